The van der Waals surface area contributed by atoms with Gasteiger partial charge in [-0.15, -0.1) is 0 Å². The van der Waals surface area contributed by atoms with E-state index in [1.807, 2.05) is 0 Å². The van der Waals surface area contributed by atoms with Crippen molar-refractivity contribution in [2.24, 2.45) is 0 Å². The third-order valence-electron chi connectivity index (χ3n) is 6.99. The Morgan fingerprint density at radius 1 is 0.692 bits per heavy atom. The van der Waals surface area contributed by atoms with Gasteiger partial charge in [0.1, 0.15) is 6.10 Å². The lowest BCUT2D eigenvalue weighted by Crippen LogP contribution is -2.50. The Morgan fingerprint density at radius 2 is 1.15 bits per heavy atom. The second-order valence-corrected chi connectivity index (χ2v) is 12.4. The molecule has 0 aliphatic heterocycles. The summed E-state index contributed by atoms with van der Waals surface area (Å²) < 4.78 is 32.1. The Labute approximate surface area is 239 Å². The van der Waals surface area contributed by atoms with Crippen molar-refractivity contribution in [2.75, 3.05) is 5.75 Å². The summed E-state index contributed by atoms with van der Waals surface area (Å²) in [5, 5.41) is 23.1. The summed E-state index contributed by atoms with van der Waals surface area (Å²) in [7, 11) is -4.43. The van der Waals surface area contributed by atoms with Crippen LogP contribution in [-0.4, -0.2) is 53.1 Å². The molecule has 0 bridgehead atoms. The highest BCUT2D eigenvalue weighted by Crippen LogP contribution is 2.12. The molecule has 0 saturated heterocycles. The van der Waals surface area contributed by atoms with Crippen LogP contribution in [0.1, 0.15) is 142 Å². The van der Waals surface area contributed by atoms with Gasteiger partial charge < -0.3 is 15.5 Å². The van der Waals surface area contributed by atoms with Crippen LogP contribution in [0.3, 0.4) is 0 Å². The lowest BCUT2D eigenvalue weighted by molar-refractivity contribution is -0.130. The molecule has 4 N–H and O–H groups in total. The number of unbranched alkanes of at least 4 members (excludes halogenated alkanes) is 16. The van der Waals surface area contributed by atoms with Crippen molar-refractivity contribution < 1.29 is 28.0 Å². The maximum absolute atomic E-state index is 12.4. The van der Waals surface area contributed by atoms with Gasteiger partial charge in [0.05, 0.1) is 17.9 Å². The van der Waals surface area contributed by atoms with Gasteiger partial charge >= 0.3 is 0 Å². The molecule has 0 saturated carbocycles. The number of hydrogen-bond acceptors (Lipinski definition) is 5. The van der Waals surface area contributed by atoms with Crippen LogP contribution in [0.2, 0.25) is 0 Å². The topological polar surface area (TPSA) is 124 Å². The van der Waals surface area contributed by atoms with Gasteiger partial charge in [-0.3, -0.25) is 9.35 Å². The van der Waals surface area contributed by atoms with E-state index < -0.39 is 40.0 Å². The van der Waals surface area contributed by atoms with E-state index >= 15 is 0 Å². The number of hydrogen-bond donors (Lipinski definition) is 4. The van der Waals surface area contributed by atoms with E-state index in [0.29, 0.717) is 12.8 Å². The third-order valence-corrected chi connectivity index (χ3v) is 7.77. The Balaban J connectivity index is 4.30. The van der Waals surface area contributed by atoms with Gasteiger partial charge in [0.25, 0.3) is 10.1 Å². The molecule has 1 amide bonds. The third kappa shape index (κ3) is 25.5. The van der Waals surface area contributed by atoms with Crippen LogP contribution in [-0.2, 0) is 14.9 Å². The summed E-state index contributed by atoms with van der Waals surface area (Å²) in [6.07, 6.45) is 26.8. The summed E-state index contributed by atoms with van der Waals surface area (Å²) in [6, 6.07) is -1.24. The van der Waals surface area contributed by atoms with Gasteiger partial charge in [0.15, 0.2) is 0 Å². The van der Waals surface area contributed by atoms with Crippen LogP contribution < -0.4 is 5.32 Å². The highest BCUT2D eigenvalue weighted by atomic mass is 32.2. The van der Waals surface area contributed by atoms with E-state index in [1.165, 1.54) is 83.1 Å². The minimum absolute atomic E-state index is 0.274. The predicted molar refractivity (Wildman–Crippen MR) is 162 cm³/mol. The Morgan fingerprint density at radius 3 is 1.69 bits per heavy atom. The first-order chi connectivity index (χ1) is 18.7. The fourth-order valence-electron chi connectivity index (χ4n) is 4.53. The van der Waals surface area contributed by atoms with E-state index in [1.54, 1.807) is 6.08 Å². The van der Waals surface area contributed by atoms with Crippen LogP contribution in [0.25, 0.3) is 0 Å². The molecule has 0 radical (unpaired) electrons. The molecule has 0 aliphatic carbocycles. The average Bonchev–Trinajstić information content (AvgIpc) is 2.88. The van der Waals surface area contributed by atoms with Crippen molar-refractivity contribution in [3.8, 4) is 0 Å². The van der Waals surface area contributed by atoms with Gasteiger partial charge in [-0.2, -0.15) is 8.42 Å². The van der Waals surface area contributed by atoms with Crippen LogP contribution in [0.4, 0.5) is 0 Å². The number of nitrogens with one attached hydrogen (secondary N) is 1. The van der Waals surface area contributed by atoms with Gasteiger partial charge in [-0.05, 0) is 32.1 Å². The summed E-state index contributed by atoms with van der Waals surface area (Å²) in [5.74, 6) is -1.56. The largest absolute Gasteiger partial charge is 0.387 e. The summed E-state index contributed by atoms with van der Waals surface area (Å²) >= 11 is 0. The fraction of sp³-hybridized carbons (Fsp3) is 0.839. The molecule has 0 rings (SSSR count). The van der Waals surface area contributed by atoms with E-state index in [4.69, 9.17) is 0 Å². The molecule has 0 aromatic carbocycles. The molecule has 8 heteroatoms. The molecule has 3 atom stereocenters. The van der Waals surface area contributed by atoms with Crippen molar-refractivity contribution in [2.45, 2.75) is 161 Å². The molecule has 0 heterocycles. The molecule has 3 unspecified atom stereocenters. The molecule has 39 heavy (non-hydrogen) atoms. The van der Waals surface area contributed by atoms with Crippen molar-refractivity contribution in [1.29, 1.82) is 0 Å². The molecule has 0 fully saturated rings. The van der Waals surface area contributed by atoms with Crippen molar-refractivity contribution in [3.05, 3.63) is 24.3 Å². The predicted octanol–water partition coefficient (Wildman–Crippen LogP) is 7.04. The second kappa shape index (κ2) is 25.7. The number of allylic oxidation sites excluding steroid dienone is 3. The highest BCUT2D eigenvalue weighted by molar-refractivity contribution is 7.85. The molecule has 0 spiro atoms. The average molecular weight is 574 g/mol. The number of aliphatic hydroxyl groups is 2. The zero-order chi connectivity index (χ0) is 29.2. The van der Waals surface area contributed by atoms with Crippen LogP contribution in [0, 0.1) is 0 Å². The molecule has 0 aromatic heterocycles. The number of amides is 1. The van der Waals surface area contributed by atoms with Crippen molar-refractivity contribution >= 4 is 16.0 Å². The van der Waals surface area contributed by atoms with Gasteiger partial charge in [-0.1, -0.05) is 134 Å². The van der Waals surface area contributed by atoms with Crippen molar-refractivity contribution in [1.82, 2.24) is 5.32 Å². The Hall–Kier alpha value is -1.22. The second-order valence-electron chi connectivity index (χ2n) is 10.9. The summed E-state index contributed by atoms with van der Waals surface area (Å²) in [4.78, 5) is 12.4. The number of carbonyl (C=O) groups is 1. The fourth-order valence-corrected chi connectivity index (χ4v) is 5.26. The highest BCUT2D eigenvalue weighted by Gasteiger charge is 2.27. The first-order valence-corrected chi connectivity index (χ1v) is 17.3. The van der Waals surface area contributed by atoms with E-state index in [2.05, 4.69) is 31.3 Å². The monoisotopic (exact) mass is 573 g/mol. The molecule has 0 aliphatic rings. The van der Waals surface area contributed by atoms with Gasteiger partial charge in [-0.25, -0.2) is 0 Å². The summed E-state index contributed by atoms with van der Waals surface area (Å²) in [5.41, 5.74) is 0. The van der Waals surface area contributed by atoms with E-state index in [0.717, 1.165) is 32.1 Å². The quantitative estimate of drug-likeness (QED) is 0.0475. The smallest absolute Gasteiger partial charge is 0.267 e. The lowest BCUT2D eigenvalue weighted by atomic mass is 10.0. The van der Waals surface area contributed by atoms with Crippen molar-refractivity contribution in [3.63, 3.8) is 0 Å². The molecule has 0 aromatic rings. The molecule has 230 valence electrons. The lowest BCUT2D eigenvalue weighted by Gasteiger charge is -2.22. The SMILES string of the molecule is CCCCCCCCCC/C=C/CC/C=C/C(O)C(CS(=O)(=O)O)NC(=O)C(O)CCCCCCCCCC. The zero-order valence-corrected chi connectivity index (χ0v) is 25.7. The standard InChI is InChI=1S/C31H59NO6S/c1-3-5-7-9-11-13-14-15-16-17-18-20-21-23-25-29(33)28(27-39(36,37)38)32-31(35)30(34)26-24-22-19-12-10-8-6-4-2/h17-18,23,25,28-30,33-34H,3-16,19-22,24,26-27H2,1-2H3,(H,32,35)(H,36,37,38)/b18-17+,25-23+. The maximum atomic E-state index is 12.4. The first kappa shape index (κ1) is 37.8. The summed E-state index contributed by atoms with van der Waals surface area (Å²) in [6.45, 7) is 4.41. The zero-order valence-electron chi connectivity index (χ0n) is 24.9. The van der Waals surface area contributed by atoms with Crippen LogP contribution in [0.5, 0.6) is 0 Å². The van der Waals surface area contributed by atoms with Gasteiger partial charge in [0.2, 0.25) is 5.91 Å². The molecular weight excluding hydrogens is 514 g/mol. The Kier molecular flexibility index (Phi) is 24.9. The Bertz CT molecular complexity index is 737. The number of rotatable bonds is 27. The maximum Gasteiger partial charge on any atom is 0.267 e. The first-order valence-electron chi connectivity index (χ1n) is 15.6. The number of carbonyl (C=O) groups excluding carboxylic acids is 1. The minimum atomic E-state index is -4.43. The van der Waals surface area contributed by atoms with E-state index in [-0.39, 0.29) is 6.42 Å². The van der Waals surface area contributed by atoms with Crippen LogP contribution >= 0.6 is 0 Å². The van der Waals surface area contributed by atoms with Crippen LogP contribution in [0.15, 0.2) is 24.3 Å². The molecule has 7 nitrogen and oxygen atoms in total. The number of aliphatic hydroxyl groups excluding tert-OH is 2. The normalized spacial score (nSPS) is 14.7. The molecular formula is C31H59NO6S. The van der Waals surface area contributed by atoms with Gasteiger partial charge in [0, 0.05) is 0 Å². The minimum Gasteiger partial charge on any atom is -0.387 e. The van der Waals surface area contributed by atoms with E-state index in [9.17, 15) is 28.0 Å².